The van der Waals surface area contributed by atoms with Gasteiger partial charge in [-0.15, -0.1) is 0 Å². The highest BCUT2D eigenvalue weighted by molar-refractivity contribution is 7.89. The van der Waals surface area contributed by atoms with Crippen LogP contribution in [0.3, 0.4) is 0 Å². The quantitative estimate of drug-likeness (QED) is 0.836. The second kappa shape index (κ2) is 6.29. The lowest BCUT2D eigenvalue weighted by molar-refractivity contribution is 0.00439. The highest BCUT2D eigenvalue weighted by Crippen LogP contribution is 2.37. The fourth-order valence-corrected chi connectivity index (χ4v) is 3.89. The third kappa shape index (κ3) is 3.61. The monoisotopic (exact) mass is 333 g/mol. The number of aryl methyl sites for hydroxylation is 1. The van der Waals surface area contributed by atoms with E-state index < -0.39 is 28.3 Å². The van der Waals surface area contributed by atoms with Crippen LogP contribution in [-0.2, 0) is 10.0 Å². The Morgan fingerprint density at radius 1 is 1.41 bits per heavy atom. The van der Waals surface area contributed by atoms with Gasteiger partial charge < -0.3 is 5.11 Å². The van der Waals surface area contributed by atoms with Gasteiger partial charge in [0.2, 0.25) is 16.4 Å². The Labute approximate surface area is 127 Å². The molecular formula is C14H17F2NO4S. The van der Waals surface area contributed by atoms with E-state index in [9.17, 15) is 22.0 Å². The zero-order valence-corrected chi connectivity index (χ0v) is 12.7. The molecule has 22 heavy (non-hydrogen) atoms. The van der Waals surface area contributed by atoms with Crippen molar-refractivity contribution in [2.24, 2.45) is 11.8 Å². The first-order valence-corrected chi connectivity index (χ1v) is 8.31. The Balaban J connectivity index is 2.01. The molecule has 1 aliphatic carbocycles. The van der Waals surface area contributed by atoms with Crippen molar-refractivity contribution in [2.75, 3.05) is 6.54 Å². The zero-order valence-electron chi connectivity index (χ0n) is 11.9. The van der Waals surface area contributed by atoms with Crippen LogP contribution in [0.25, 0.3) is 0 Å². The van der Waals surface area contributed by atoms with Gasteiger partial charge in [0.1, 0.15) is 0 Å². The van der Waals surface area contributed by atoms with Crippen LogP contribution in [0.2, 0.25) is 0 Å². The standard InChI is InChI=1S/C14H17F2NO4S/c1-8-4-10(14(18)19)2-3-12(8)22(20,21)17-7-9-5-11(6-9)13(15)16/h2-4,9,11,13,17H,5-7H2,1H3,(H,18,19). The summed E-state index contributed by atoms with van der Waals surface area (Å²) in [6.07, 6.45) is -1.72. The molecule has 8 heteroatoms. The van der Waals surface area contributed by atoms with E-state index in [0.717, 1.165) is 0 Å². The van der Waals surface area contributed by atoms with Crippen LogP contribution in [0.4, 0.5) is 8.78 Å². The minimum Gasteiger partial charge on any atom is -0.478 e. The largest absolute Gasteiger partial charge is 0.478 e. The SMILES string of the molecule is Cc1cc(C(=O)O)ccc1S(=O)(=O)NCC1CC(C(F)F)C1. The van der Waals surface area contributed by atoms with Crippen LogP contribution in [-0.4, -0.2) is 32.5 Å². The first-order chi connectivity index (χ1) is 10.2. The number of alkyl halides is 2. The number of sulfonamides is 1. The van der Waals surface area contributed by atoms with Crippen LogP contribution in [0.15, 0.2) is 23.1 Å². The van der Waals surface area contributed by atoms with Gasteiger partial charge in [-0.25, -0.2) is 26.7 Å². The third-order valence-corrected chi connectivity index (χ3v) is 5.49. The molecule has 0 atom stereocenters. The van der Waals surface area contributed by atoms with E-state index in [1.165, 1.54) is 25.1 Å². The van der Waals surface area contributed by atoms with Crippen molar-refractivity contribution in [2.45, 2.75) is 31.1 Å². The van der Waals surface area contributed by atoms with Gasteiger partial charge in [0.25, 0.3) is 0 Å². The molecule has 1 saturated carbocycles. The maximum atomic E-state index is 12.4. The van der Waals surface area contributed by atoms with Gasteiger partial charge in [0.15, 0.2) is 0 Å². The molecule has 0 bridgehead atoms. The molecule has 122 valence electrons. The Morgan fingerprint density at radius 2 is 2.05 bits per heavy atom. The second-order valence-corrected chi connectivity index (χ2v) is 7.30. The Kier molecular flexibility index (Phi) is 4.81. The Hall–Kier alpha value is -1.54. The molecule has 2 rings (SSSR count). The second-order valence-electron chi connectivity index (χ2n) is 5.57. The van der Waals surface area contributed by atoms with E-state index in [0.29, 0.717) is 18.4 Å². The fourth-order valence-electron chi connectivity index (χ4n) is 2.55. The van der Waals surface area contributed by atoms with Gasteiger partial charge in [0, 0.05) is 12.5 Å². The number of hydrogen-bond donors (Lipinski definition) is 2. The van der Waals surface area contributed by atoms with Crippen molar-refractivity contribution in [3.8, 4) is 0 Å². The van der Waals surface area contributed by atoms with Crippen molar-refractivity contribution in [3.05, 3.63) is 29.3 Å². The molecule has 0 spiro atoms. The number of halogens is 2. The van der Waals surface area contributed by atoms with Crippen LogP contribution >= 0.6 is 0 Å². The smallest absolute Gasteiger partial charge is 0.335 e. The highest BCUT2D eigenvalue weighted by atomic mass is 32.2. The summed E-state index contributed by atoms with van der Waals surface area (Å²) in [5, 5.41) is 8.86. The number of rotatable bonds is 6. The molecule has 2 N–H and O–H groups in total. The molecule has 0 unspecified atom stereocenters. The number of benzene rings is 1. The number of aromatic carboxylic acids is 1. The third-order valence-electron chi connectivity index (χ3n) is 3.90. The molecule has 1 aromatic rings. The average molecular weight is 333 g/mol. The lowest BCUT2D eigenvalue weighted by atomic mass is 9.75. The summed E-state index contributed by atoms with van der Waals surface area (Å²) >= 11 is 0. The van der Waals surface area contributed by atoms with Crippen LogP contribution in [0, 0.1) is 18.8 Å². The molecule has 0 amide bonds. The van der Waals surface area contributed by atoms with Crippen molar-refractivity contribution in [1.82, 2.24) is 4.72 Å². The molecule has 1 aromatic carbocycles. The summed E-state index contributed by atoms with van der Waals surface area (Å²) in [5.41, 5.74) is 0.335. The van der Waals surface area contributed by atoms with Crippen molar-refractivity contribution in [3.63, 3.8) is 0 Å². The Morgan fingerprint density at radius 3 is 2.55 bits per heavy atom. The number of carboxylic acids is 1. The fraction of sp³-hybridized carbons (Fsp3) is 0.500. The van der Waals surface area contributed by atoms with Crippen molar-refractivity contribution in [1.29, 1.82) is 0 Å². The number of carbonyl (C=O) groups is 1. The maximum absolute atomic E-state index is 12.4. The van der Waals surface area contributed by atoms with Crippen molar-refractivity contribution < 1.29 is 27.1 Å². The molecule has 0 aliphatic heterocycles. The van der Waals surface area contributed by atoms with E-state index in [2.05, 4.69) is 4.72 Å². The van der Waals surface area contributed by atoms with Crippen LogP contribution in [0.5, 0.6) is 0 Å². The van der Waals surface area contributed by atoms with Crippen LogP contribution < -0.4 is 4.72 Å². The molecule has 0 saturated heterocycles. The molecule has 5 nitrogen and oxygen atoms in total. The van der Waals surface area contributed by atoms with Crippen molar-refractivity contribution >= 4 is 16.0 Å². The van der Waals surface area contributed by atoms with Gasteiger partial charge in [-0.05, 0) is 49.4 Å². The lowest BCUT2D eigenvalue weighted by Crippen LogP contribution is -2.38. The average Bonchev–Trinajstić information content (AvgIpc) is 2.35. The summed E-state index contributed by atoms with van der Waals surface area (Å²) in [4.78, 5) is 10.8. The maximum Gasteiger partial charge on any atom is 0.335 e. The first-order valence-electron chi connectivity index (χ1n) is 6.82. The molecule has 0 radical (unpaired) electrons. The minimum absolute atomic E-state index is 0.00207. The van der Waals surface area contributed by atoms with Gasteiger partial charge in [-0.2, -0.15) is 0 Å². The highest BCUT2D eigenvalue weighted by Gasteiger charge is 2.36. The summed E-state index contributed by atoms with van der Waals surface area (Å²) in [5.74, 6) is -1.84. The lowest BCUT2D eigenvalue weighted by Gasteiger charge is -2.34. The van der Waals surface area contributed by atoms with E-state index in [4.69, 9.17) is 5.11 Å². The number of carboxylic acid groups (broad SMARTS) is 1. The minimum atomic E-state index is -3.77. The predicted molar refractivity (Wildman–Crippen MR) is 75.5 cm³/mol. The molecule has 1 aliphatic rings. The summed E-state index contributed by atoms with van der Waals surface area (Å²) in [6.45, 7) is 1.63. The predicted octanol–water partition coefficient (Wildman–Crippen LogP) is 2.26. The van der Waals surface area contributed by atoms with Gasteiger partial charge in [-0.1, -0.05) is 0 Å². The normalized spacial score (nSPS) is 21.6. The van der Waals surface area contributed by atoms with E-state index in [-0.39, 0.29) is 22.9 Å². The molecule has 0 aromatic heterocycles. The molecule has 1 fully saturated rings. The Bertz CT molecular complexity index is 669. The summed E-state index contributed by atoms with van der Waals surface area (Å²) in [7, 11) is -3.77. The van der Waals surface area contributed by atoms with E-state index >= 15 is 0 Å². The number of nitrogens with one attached hydrogen (secondary N) is 1. The molecular weight excluding hydrogens is 316 g/mol. The van der Waals surface area contributed by atoms with E-state index in [1.54, 1.807) is 0 Å². The van der Waals surface area contributed by atoms with E-state index in [1.807, 2.05) is 0 Å². The van der Waals surface area contributed by atoms with Crippen LogP contribution in [0.1, 0.15) is 28.8 Å². The van der Waals surface area contributed by atoms with Gasteiger partial charge in [0.05, 0.1) is 10.5 Å². The summed E-state index contributed by atoms with van der Waals surface area (Å²) < 4.78 is 51.5. The number of hydrogen-bond acceptors (Lipinski definition) is 3. The zero-order chi connectivity index (χ0) is 16.5. The molecule has 0 heterocycles. The van der Waals surface area contributed by atoms with Gasteiger partial charge in [-0.3, -0.25) is 0 Å². The summed E-state index contributed by atoms with van der Waals surface area (Å²) in [6, 6.07) is 3.75. The first kappa shape index (κ1) is 16.8. The topological polar surface area (TPSA) is 83.5 Å². The van der Waals surface area contributed by atoms with Gasteiger partial charge >= 0.3 is 5.97 Å².